The van der Waals surface area contributed by atoms with E-state index < -0.39 is 21.2 Å². The monoisotopic (exact) mass is 298 g/mol. The molecule has 0 saturated carbocycles. The number of morpholine rings is 1. The zero-order valence-corrected chi connectivity index (χ0v) is 11.2. The first-order valence-electron chi connectivity index (χ1n) is 6.12. The summed E-state index contributed by atoms with van der Waals surface area (Å²) in [4.78, 5) is 12.6. The van der Waals surface area contributed by atoms with Crippen LogP contribution in [0.3, 0.4) is 0 Å². The first-order chi connectivity index (χ1) is 8.87. The van der Waals surface area contributed by atoms with Crippen molar-refractivity contribution in [3.05, 3.63) is 0 Å². The summed E-state index contributed by atoms with van der Waals surface area (Å²) < 4.78 is 57.3. The van der Waals surface area contributed by atoms with E-state index in [1.165, 1.54) is 0 Å². The lowest BCUT2D eigenvalue weighted by Gasteiger charge is -2.31. The van der Waals surface area contributed by atoms with Crippen LogP contribution in [0.5, 0.6) is 0 Å². The smallest absolute Gasteiger partial charge is 0.378 e. The Kier molecular flexibility index (Phi) is 4.07. The van der Waals surface area contributed by atoms with Gasteiger partial charge in [0.25, 0.3) is 10.0 Å². The molecule has 2 aliphatic heterocycles. The molecule has 0 bridgehead atoms. The van der Waals surface area contributed by atoms with Gasteiger partial charge in [0.1, 0.15) is 0 Å². The predicted molar refractivity (Wildman–Crippen MR) is 62.1 cm³/mol. The van der Waals surface area contributed by atoms with E-state index in [1.54, 1.807) is 0 Å². The number of carbonyl (C=O) groups is 1. The summed E-state index contributed by atoms with van der Waals surface area (Å²) >= 11 is 0. The number of carbonyl (C=O) groups excluding carboxylic acids is 1. The van der Waals surface area contributed by atoms with Crippen molar-refractivity contribution in [2.75, 3.05) is 39.4 Å². The third-order valence-corrected chi connectivity index (χ3v) is 5.14. The Morgan fingerprint density at radius 3 is 2.11 bits per heavy atom. The van der Waals surface area contributed by atoms with Gasteiger partial charge in [-0.3, -0.25) is 4.79 Å². The highest BCUT2D eigenvalue weighted by Crippen LogP contribution is 2.30. The molecule has 2 saturated heterocycles. The minimum atomic E-state index is -4.92. The molecule has 110 valence electrons. The van der Waals surface area contributed by atoms with E-state index in [0.29, 0.717) is 17.1 Å². The molecule has 0 aromatic heterocycles. The second-order valence-electron chi connectivity index (χ2n) is 4.53. The second kappa shape index (κ2) is 5.29. The predicted octanol–water partition coefficient (Wildman–Crippen LogP) is -0.136. The maximum atomic E-state index is 14.0. The Labute approximate surface area is 110 Å². The van der Waals surface area contributed by atoms with Crippen molar-refractivity contribution in [1.82, 2.24) is 9.21 Å². The number of hydrogen-bond donors (Lipinski definition) is 0. The third-order valence-electron chi connectivity index (χ3n) is 3.28. The Balaban J connectivity index is 2.17. The lowest BCUT2D eigenvalue weighted by Crippen LogP contribution is -2.55. The molecule has 0 spiro atoms. The summed E-state index contributed by atoms with van der Waals surface area (Å²) in [6, 6.07) is 0. The second-order valence-corrected chi connectivity index (χ2v) is 6.51. The first-order valence-corrected chi connectivity index (χ1v) is 7.56. The van der Waals surface area contributed by atoms with Gasteiger partial charge in [0.2, 0.25) is 0 Å². The lowest BCUT2D eigenvalue weighted by molar-refractivity contribution is -0.151. The minimum Gasteiger partial charge on any atom is -0.378 e. The molecular weight excluding hydrogens is 282 g/mol. The lowest BCUT2D eigenvalue weighted by atomic mass is 10.4. The van der Waals surface area contributed by atoms with Crippen molar-refractivity contribution in [3.63, 3.8) is 0 Å². The molecule has 2 fully saturated rings. The maximum Gasteiger partial charge on any atom is 0.435 e. The van der Waals surface area contributed by atoms with Crippen LogP contribution >= 0.6 is 0 Å². The van der Waals surface area contributed by atoms with Gasteiger partial charge in [0.05, 0.1) is 13.2 Å². The molecule has 9 heteroatoms. The van der Waals surface area contributed by atoms with Crippen molar-refractivity contribution in [1.29, 1.82) is 0 Å². The van der Waals surface area contributed by atoms with Gasteiger partial charge in [-0.2, -0.15) is 13.1 Å². The highest BCUT2D eigenvalue weighted by molar-refractivity contribution is 7.91. The van der Waals surface area contributed by atoms with E-state index in [1.807, 2.05) is 0 Å². The van der Waals surface area contributed by atoms with Crippen molar-refractivity contribution in [2.24, 2.45) is 0 Å². The topological polar surface area (TPSA) is 66.9 Å². The van der Waals surface area contributed by atoms with Gasteiger partial charge in [-0.1, -0.05) is 0 Å². The van der Waals surface area contributed by atoms with E-state index in [4.69, 9.17) is 4.74 Å². The van der Waals surface area contributed by atoms with Gasteiger partial charge in [-0.25, -0.2) is 8.42 Å². The molecule has 0 N–H and O–H groups in total. The van der Waals surface area contributed by atoms with Crippen molar-refractivity contribution < 1.29 is 26.7 Å². The minimum absolute atomic E-state index is 0.00998. The van der Waals surface area contributed by atoms with Crippen LogP contribution in [0.1, 0.15) is 12.8 Å². The van der Waals surface area contributed by atoms with E-state index in [2.05, 4.69) is 0 Å². The Morgan fingerprint density at radius 1 is 1.05 bits per heavy atom. The van der Waals surface area contributed by atoms with E-state index in [0.717, 1.165) is 4.90 Å². The standard InChI is InChI=1S/C10H16F2N2O4S/c11-10(12,9(15)13-5-7-18-8-6-13)19(16,17)14-3-1-2-4-14/h1-8H2. The number of rotatable bonds is 3. The van der Waals surface area contributed by atoms with Crippen LogP contribution in [0.15, 0.2) is 0 Å². The van der Waals surface area contributed by atoms with E-state index >= 15 is 0 Å². The first kappa shape index (κ1) is 14.6. The van der Waals surface area contributed by atoms with Crippen LogP contribution in [-0.4, -0.2) is 68.2 Å². The third kappa shape index (κ3) is 2.59. The molecule has 0 radical (unpaired) electrons. The molecule has 0 aromatic rings. The van der Waals surface area contributed by atoms with Gasteiger partial charge in [0.15, 0.2) is 0 Å². The maximum absolute atomic E-state index is 14.0. The summed E-state index contributed by atoms with van der Waals surface area (Å²) in [6.07, 6.45) is 1.09. The molecule has 1 amide bonds. The number of halogens is 2. The summed E-state index contributed by atoms with van der Waals surface area (Å²) in [6.45, 7) is 0.369. The SMILES string of the molecule is O=C(N1CCOCC1)C(F)(F)S(=O)(=O)N1CCCC1. The van der Waals surface area contributed by atoms with Crippen molar-refractivity contribution >= 4 is 15.9 Å². The summed E-state index contributed by atoms with van der Waals surface area (Å²) in [5.74, 6) is -1.65. The van der Waals surface area contributed by atoms with Crippen LogP contribution in [0, 0.1) is 0 Å². The number of amides is 1. The van der Waals surface area contributed by atoms with Crippen molar-refractivity contribution in [2.45, 2.75) is 18.1 Å². The Bertz CT molecular complexity index is 442. The van der Waals surface area contributed by atoms with Crippen LogP contribution in [0.4, 0.5) is 8.78 Å². The van der Waals surface area contributed by atoms with Crippen molar-refractivity contribution in [3.8, 4) is 0 Å². The summed E-state index contributed by atoms with van der Waals surface area (Å²) in [5, 5.41) is -4.39. The molecule has 0 unspecified atom stereocenters. The van der Waals surface area contributed by atoms with Crippen LogP contribution in [-0.2, 0) is 19.6 Å². The number of hydrogen-bond acceptors (Lipinski definition) is 4. The number of alkyl halides is 2. The largest absolute Gasteiger partial charge is 0.435 e. The average Bonchev–Trinajstić information content (AvgIpc) is 2.93. The van der Waals surface area contributed by atoms with Gasteiger partial charge in [0, 0.05) is 26.2 Å². The summed E-state index contributed by atoms with van der Waals surface area (Å²) in [7, 11) is -4.92. The van der Waals surface area contributed by atoms with Crippen LogP contribution < -0.4 is 0 Å². The molecular formula is C10H16F2N2O4S. The Hall–Kier alpha value is -0.800. The summed E-state index contributed by atoms with van der Waals surface area (Å²) in [5.41, 5.74) is 0. The van der Waals surface area contributed by atoms with E-state index in [9.17, 15) is 22.0 Å². The zero-order chi connectivity index (χ0) is 14.1. The fourth-order valence-corrected chi connectivity index (χ4v) is 3.56. The highest BCUT2D eigenvalue weighted by atomic mass is 32.2. The molecule has 0 atom stereocenters. The zero-order valence-electron chi connectivity index (χ0n) is 10.3. The van der Waals surface area contributed by atoms with Gasteiger partial charge in [-0.05, 0) is 12.8 Å². The quantitative estimate of drug-likeness (QED) is 0.727. The fourth-order valence-electron chi connectivity index (χ4n) is 2.15. The Morgan fingerprint density at radius 2 is 1.58 bits per heavy atom. The number of ether oxygens (including phenoxy) is 1. The molecule has 0 aliphatic carbocycles. The van der Waals surface area contributed by atoms with Crippen LogP contribution in [0.25, 0.3) is 0 Å². The van der Waals surface area contributed by atoms with Gasteiger partial charge >= 0.3 is 11.2 Å². The number of nitrogens with zero attached hydrogens (tertiary/aromatic N) is 2. The number of sulfonamides is 1. The molecule has 0 aromatic carbocycles. The molecule has 2 aliphatic rings. The van der Waals surface area contributed by atoms with Gasteiger partial charge in [-0.15, -0.1) is 0 Å². The molecule has 19 heavy (non-hydrogen) atoms. The normalized spacial score (nSPS) is 22.7. The van der Waals surface area contributed by atoms with Crippen LogP contribution in [0.2, 0.25) is 0 Å². The highest BCUT2D eigenvalue weighted by Gasteiger charge is 2.57. The average molecular weight is 298 g/mol. The molecule has 6 nitrogen and oxygen atoms in total. The van der Waals surface area contributed by atoms with Gasteiger partial charge < -0.3 is 9.64 Å². The molecule has 2 rings (SSSR count). The molecule has 2 heterocycles. The fraction of sp³-hybridized carbons (Fsp3) is 0.900. The van der Waals surface area contributed by atoms with E-state index in [-0.39, 0.29) is 39.4 Å².